The molecule has 2 aliphatic carbocycles. The van der Waals surface area contributed by atoms with E-state index in [0.717, 1.165) is 24.7 Å². The highest BCUT2D eigenvalue weighted by atomic mass is 16.3. The van der Waals surface area contributed by atoms with Gasteiger partial charge in [-0.3, -0.25) is 0 Å². The first-order chi connectivity index (χ1) is 6.57. The molecule has 0 unspecified atom stereocenters. The van der Waals surface area contributed by atoms with Crippen LogP contribution >= 0.6 is 0 Å². The van der Waals surface area contributed by atoms with E-state index in [2.05, 4.69) is 6.92 Å². The second kappa shape index (κ2) is 3.82. The Kier molecular flexibility index (Phi) is 2.85. The van der Waals surface area contributed by atoms with Crippen molar-refractivity contribution in [2.24, 2.45) is 17.6 Å². The number of hydrogen-bond donors (Lipinski definition) is 2. The fourth-order valence-electron chi connectivity index (χ4n) is 3.42. The van der Waals surface area contributed by atoms with Crippen LogP contribution in [-0.4, -0.2) is 16.7 Å². The Labute approximate surface area is 86.9 Å². The highest BCUT2D eigenvalue weighted by Gasteiger charge is 2.40. The van der Waals surface area contributed by atoms with Gasteiger partial charge < -0.3 is 10.8 Å². The summed E-state index contributed by atoms with van der Waals surface area (Å²) < 4.78 is 0. The molecule has 0 aromatic heterocycles. The third-order valence-electron chi connectivity index (χ3n) is 4.02. The fourth-order valence-corrected chi connectivity index (χ4v) is 3.42. The van der Waals surface area contributed by atoms with E-state index in [4.69, 9.17) is 5.73 Å². The summed E-state index contributed by atoms with van der Waals surface area (Å²) in [4.78, 5) is 0. The number of nitrogens with two attached hydrogens (primary N) is 1. The van der Waals surface area contributed by atoms with Crippen LogP contribution in [0.25, 0.3) is 0 Å². The number of aliphatic hydroxyl groups is 1. The highest BCUT2D eigenvalue weighted by Crippen LogP contribution is 2.42. The van der Waals surface area contributed by atoms with E-state index in [0.29, 0.717) is 0 Å². The molecule has 0 aliphatic heterocycles. The zero-order valence-electron chi connectivity index (χ0n) is 9.21. The quantitative estimate of drug-likeness (QED) is 0.711. The Balaban J connectivity index is 1.75. The molecule has 0 radical (unpaired) electrons. The lowest BCUT2D eigenvalue weighted by Gasteiger charge is -2.46. The summed E-state index contributed by atoms with van der Waals surface area (Å²) in [5.41, 5.74) is 6.46. The minimum Gasteiger partial charge on any atom is -0.393 e. The van der Waals surface area contributed by atoms with Crippen LogP contribution in [-0.2, 0) is 0 Å². The summed E-state index contributed by atoms with van der Waals surface area (Å²) in [6.07, 6.45) is 7.97. The standard InChI is InChI=1S/C12H23NO/c1-9-6-12(13,7-9)8-10-2-4-11(14)5-3-10/h9-11,14H,2-8,13H2,1H3. The van der Waals surface area contributed by atoms with Crippen LogP contribution in [0, 0.1) is 11.8 Å². The minimum absolute atomic E-state index is 0.0275. The van der Waals surface area contributed by atoms with Crippen molar-refractivity contribution in [2.75, 3.05) is 0 Å². The SMILES string of the molecule is CC1CC(N)(CC2CCC(O)CC2)C1. The van der Waals surface area contributed by atoms with Gasteiger partial charge in [-0.05, 0) is 56.8 Å². The molecule has 0 aromatic carbocycles. The van der Waals surface area contributed by atoms with E-state index in [1.807, 2.05) is 0 Å². The van der Waals surface area contributed by atoms with Crippen molar-refractivity contribution in [3.63, 3.8) is 0 Å². The largest absolute Gasteiger partial charge is 0.393 e. The van der Waals surface area contributed by atoms with Gasteiger partial charge >= 0.3 is 0 Å². The zero-order chi connectivity index (χ0) is 10.2. The van der Waals surface area contributed by atoms with E-state index < -0.39 is 0 Å². The van der Waals surface area contributed by atoms with Gasteiger partial charge in [-0.2, -0.15) is 0 Å². The van der Waals surface area contributed by atoms with Gasteiger partial charge in [0.15, 0.2) is 0 Å². The van der Waals surface area contributed by atoms with Crippen LogP contribution in [0.5, 0.6) is 0 Å². The van der Waals surface area contributed by atoms with Crippen molar-refractivity contribution < 1.29 is 5.11 Å². The summed E-state index contributed by atoms with van der Waals surface area (Å²) in [5, 5.41) is 9.41. The molecule has 0 amide bonds. The molecule has 14 heavy (non-hydrogen) atoms. The molecule has 0 atom stereocenters. The van der Waals surface area contributed by atoms with E-state index in [9.17, 15) is 5.11 Å². The van der Waals surface area contributed by atoms with Crippen molar-refractivity contribution in [3.05, 3.63) is 0 Å². The van der Waals surface area contributed by atoms with Crippen molar-refractivity contribution in [2.45, 2.75) is 63.5 Å². The van der Waals surface area contributed by atoms with Crippen LogP contribution in [0.2, 0.25) is 0 Å². The van der Waals surface area contributed by atoms with Crippen molar-refractivity contribution in [3.8, 4) is 0 Å². The van der Waals surface area contributed by atoms with Crippen LogP contribution in [0.15, 0.2) is 0 Å². The number of rotatable bonds is 2. The normalized spacial score (nSPS) is 48.6. The second-order valence-corrected chi connectivity index (χ2v) is 5.75. The van der Waals surface area contributed by atoms with E-state index >= 15 is 0 Å². The lowest BCUT2D eigenvalue weighted by Crippen LogP contribution is -2.52. The molecule has 0 saturated heterocycles. The Morgan fingerprint density at radius 1 is 1.21 bits per heavy atom. The molecule has 2 saturated carbocycles. The first kappa shape index (κ1) is 10.4. The molecule has 2 fully saturated rings. The summed E-state index contributed by atoms with van der Waals surface area (Å²) in [7, 11) is 0. The molecule has 2 heteroatoms. The third kappa shape index (κ3) is 2.29. The van der Waals surface area contributed by atoms with Gasteiger partial charge in [0.1, 0.15) is 0 Å². The fraction of sp³-hybridized carbons (Fsp3) is 1.00. The smallest absolute Gasteiger partial charge is 0.0540 e. The Hall–Kier alpha value is -0.0800. The summed E-state index contributed by atoms with van der Waals surface area (Å²) >= 11 is 0. The molecular weight excluding hydrogens is 174 g/mol. The molecule has 2 nitrogen and oxygen atoms in total. The van der Waals surface area contributed by atoms with Crippen LogP contribution < -0.4 is 5.73 Å². The predicted octanol–water partition coefficient (Wildman–Crippen LogP) is 2.06. The average Bonchev–Trinajstić information content (AvgIpc) is 2.07. The molecule has 3 N–H and O–H groups in total. The minimum atomic E-state index is -0.0275. The van der Waals surface area contributed by atoms with Crippen molar-refractivity contribution in [1.29, 1.82) is 0 Å². The highest BCUT2D eigenvalue weighted by molar-refractivity contribution is 4.98. The third-order valence-corrected chi connectivity index (χ3v) is 4.02. The first-order valence-electron chi connectivity index (χ1n) is 6.04. The second-order valence-electron chi connectivity index (χ2n) is 5.75. The van der Waals surface area contributed by atoms with Gasteiger partial charge in [0.2, 0.25) is 0 Å². The topological polar surface area (TPSA) is 46.2 Å². The van der Waals surface area contributed by atoms with Gasteiger partial charge in [0.05, 0.1) is 6.10 Å². The maximum atomic E-state index is 9.41. The van der Waals surface area contributed by atoms with Crippen LogP contribution in [0.3, 0.4) is 0 Å². The first-order valence-corrected chi connectivity index (χ1v) is 6.04. The summed E-state index contributed by atoms with van der Waals surface area (Å²) in [6, 6.07) is 0. The van der Waals surface area contributed by atoms with Crippen molar-refractivity contribution in [1.82, 2.24) is 0 Å². The van der Waals surface area contributed by atoms with Crippen LogP contribution in [0.1, 0.15) is 51.9 Å². The van der Waals surface area contributed by atoms with E-state index in [1.165, 1.54) is 32.1 Å². The summed E-state index contributed by atoms with van der Waals surface area (Å²) in [5.74, 6) is 1.63. The van der Waals surface area contributed by atoms with Crippen molar-refractivity contribution >= 4 is 0 Å². The van der Waals surface area contributed by atoms with Gasteiger partial charge in [0, 0.05) is 5.54 Å². The molecule has 0 aromatic rings. The molecule has 0 bridgehead atoms. The Bertz CT molecular complexity index is 190. The average molecular weight is 197 g/mol. The molecule has 0 spiro atoms. The monoisotopic (exact) mass is 197 g/mol. The number of hydrogen-bond acceptors (Lipinski definition) is 2. The van der Waals surface area contributed by atoms with Gasteiger partial charge in [0.25, 0.3) is 0 Å². The zero-order valence-corrected chi connectivity index (χ0v) is 9.21. The lowest BCUT2D eigenvalue weighted by molar-refractivity contribution is 0.0739. The number of aliphatic hydroxyl groups excluding tert-OH is 1. The molecule has 2 rings (SSSR count). The van der Waals surface area contributed by atoms with Gasteiger partial charge in [-0.15, -0.1) is 0 Å². The Morgan fingerprint density at radius 2 is 1.79 bits per heavy atom. The lowest BCUT2D eigenvalue weighted by atomic mass is 9.64. The van der Waals surface area contributed by atoms with Crippen LogP contribution in [0.4, 0.5) is 0 Å². The van der Waals surface area contributed by atoms with Gasteiger partial charge in [-0.1, -0.05) is 6.92 Å². The maximum Gasteiger partial charge on any atom is 0.0540 e. The molecule has 82 valence electrons. The van der Waals surface area contributed by atoms with E-state index in [1.54, 1.807) is 0 Å². The maximum absolute atomic E-state index is 9.41. The summed E-state index contributed by atoms with van der Waals surface area (Å²) in [6.45, 7) is 2.29. The Morgan fingerprint density at radius 3 is 2.29 bits per heavy atom. The molecular formula is C12H23NO. The van der Waals surface area contributed by atoms with E-state index in [-0.39, 0.29) is 11.6 Å². The van der Waals surface area contributed by atoms with Gasteiger partial charge in [-0.25, -0.2) is 0 Å². The molecule has 2 aliphatic rings. The molecule has 0 heterocycles. The predicted molar refractivity (Wildman–Crippen MR) is 57.9 cm³/mol.